The summed E-state index contributed by atoms with van der Waals surface area (Å²) in [6.07, 6.45) is 5.75. The predicted molar refractivity (Wildman–Crippen MR) is 122 cm³/mol. The first kappa shape index (κ1) is 19.5. The van der Waals surface area contributed by atoms with E-state index in [0.29, 0.717) is 5.92 Å². The van der Waals surface area contributed by atoms with Crippen LogP contribution in [0, 0.1) is 5.92 Å². The van der Waals surface area contributed by atoms with Crippen LogP contribution < -0.4 is 10.6 Å². The van der Waals surface area contributed by atoms with Crippen molar-refractivity contribution in [2.24, 2.45) is 5.92 Å². The molecule has 1 fully saturated rings. The molecule has 2 aromatic carbocycles. The molecule has 0 atom stereocenters. The molecule has 1 heterocycles. The van der Waals surface area contributed by atoms with Gasteiger partial charge in [0, 0.05) is 28.2 Å². The summed E-state index contributed by atoms with van der Waals surface area (Å²) in [5.74, 6) is 1.44. The largest absolute Gasteiger partial charge is 0.388 e. The van der Waals surface area contributed by atoms with Crippen molar-refractivity contribution in [2.75, 3.05) is 11.9 Å². The highest BCUT2D eigenvalue weighted by Gasteiger charge is 2.25. The summed E-state index contributed by atoms with van der Waals surface area (Å²) >= 11 is 1.56. The third kappa shape index (κ3) is 5.18. The van der Waals surface area contributed by atoms with Crippen molar-refractivity contribution in [3.05, 3.63) is 78.6 Å². The lowest BCUT2D eigenvalue weighted by Crippen LogP contribution is -2.16. The molecule has 0 amide bonds. The molecule has 1 aliphatic carbocycles. The van der Waals surface area contributed by atoms with E-state index in [4.69, 9.17) is 9.97 Å². The summed E-state index contributed by atoms with van der Waals surface area (Å²) in [5.41, 5.74) is 3.04. The van der Waals surface area contributed by atoms with Crippen molar-refractivity contribution in [1.29, 1.82) is 0 Å². The lowest BCUT2D eigenvalue weighted by atomic mass is 10.2. The molecule has 4 rings (SSSR count). The Morgan fingerprint density at radius 3 is 2.62 bits per heavy atom. The number of anilines is 1. The minimum Gasteiger partial charge on any atom is -0.388 e. The van der Waals surface area contributed by atoms with Gasteiger partial charge >= 0.3 is 0 Å². The molecule has 2 N–H and O–H groups in total. The highest BCUT2D eigenvalue weighted by atomic mass is 32.2. The van der Waals surface area contributed by atoms with E-state index in [2.05, 4.69) is 42.3 Å². The third-order valence-corrected chi connectivity index (χ3v) is 5.61. The standard InChI is InChI=1S/C24H26N4S/c1-3-15-25-22(18-13-14-18)16-17(2)26-23-20-11-7-8-12-21(20)27-24(28-23)29-19-9-5-4-6-10-19/h4-12,16,18,25H,2-3,13-15H2,1H3,(H,26,27,28)/b22-16-. The van der Waals surface area contributed by atoms with Gasteiger partial charge in [-0.25, -0.2) is 9.97 Å². The molecule has 0 saturated heterocycles. The summed E-state index contributed by atoms with van der Waals surface area (Å²) in [6, 6.07) is 18.3. The van der Waals surface area contributed by atoms with Crippen molar-refractivity contribution in [3.63, 3.8) is 0 Å². The van der Waals surface area contributed by atoms with E-state index in [1.807, 2.05) is 42.5 Å². The summed E-state index contributed by atoms with van der Waals surface area (Å²) in [6.45, 7) is 7.41. The van der Waals surface area contributed by atoms with Gasteiger partial charge in [0.05, 0.1) is 5.52 Å². The SMILES string of the molecule is C=C(/C=C(\NCCC)C1CC1)Nc1nc(Sc2ccccc2)nc2ccccc12. The molecular weight excluding hydrogens is 376 g/mol. The number of fused-ring (bicyclic) bond motifs is 1. The number of para-hydroxylation sites is 1. The second-order valence-corrected chi connectivity index (χ2v) is 8.28. The summed E-state index contributed by atoms with van der Waals surface area (Å²) < 4.78 is 0. The number of nitrogens with zero attached hydrogens (tertiary/aromatic N) is 2. The fourth-order valence-corrected chi connectivity index (χ4v) is 3.93. The second kappa shape index (κ2) is 9.14. The molecule has 3 aromatic rings. The zero-order valence-corrected chi connectivity index (χ0v) is 17.5. The Hall–Kier alpha value is -2.79. The minimum atomic E-state index is 0.645. The molecule has 1 saturated carbocycles. The van der Waals surface area contributed by atoms with Gasteiger partial charge in [-0.1, -0.05) is 43.8 Å². The zero-order chi connectivity index (χ0) is 20.1. The van der Waals surface area contributed by atoms with Crippen molar-refractivity contribution in [2.45, 2.75) is 36.2 Å². The van der Waals surface area contributed by atoms with Crippen LogP contribution in [0.4, 0.5) is 5.82 Å². The second-order valence-electron chi connectivity index (χ2n) is 7.24. The zero-order valence-electron chi connectivity index (χ0n) is 16.7. The van der Waals surface area contributed by atoms with Gasteiger partial charge in [-0.05, 0) is 67.3 Å². The average Bonchev–Trinajstić information content (AvgIpc) is 3.57. The van der Waals surface area contributed by atoms with Crippen molar-refractivity contribution in [3.8, 4) is 0 Å². The summed E-state index contributed by atoms with van der Waals surface area (Å²) in [7, 11) is 0. The quantitative estimate of drug-likeness (QED) is 0.339. The van der Waals surface area contributed by atoms with Crippen molar-refractivity contribution >= 4 is 28.5 Å². The van der Waals surface area contributed by atoms with Crippen LogP contribution in [0.5, 0.6) is 0 Å². The Morgan fingerprint density at radius 2 is 1.86 bits per heavy atom. The first-order valence-electron chi connectivity index (χ1n) is 10.1. The molecule has 4 nitrogen and oxygen atoms in total. The number of aromatic nitrogens is 2. The van der Waals surface area contributed by atoms with E-state index in [1.54, 1.807) is 11.8 Å². The average molecular weight is 403 g/mol. The molecule has 148 valence electrons. The maximum absolute atomic E-state index is 4.80. The Morgan fingerprint density at radius 1 is 1.10 bits per heavy atom. The van der Waals surface area contributed by atoms with Crippen LogP contribution >= 0.6 is 11.8 Å². The van der Waals surface area contributed by atoms with Crippen LogP contribution in [0.2, 0.25) is 0 Å². The molecule has 0 radical (unpaired) electrons. The fraction of sp³-hybridized carbons (Fsp3) is 0.250. The van der Waals surface area contributed by atoms with Crippen molar-refractivity contribution < 1.29 is 0 Å². The smallest absolute Gasteiger partial charge is 0.195 e. The Kier molecular flexibility index (Phi) is 6.15. The number of benzene rings is 2. The third-order valence-electron chi connectivity index (χ3n) is 4.74. The summed E-state index contributed by atoms with van der Waals surface area (Å²) in [5, 5.41) is 8.70. The van der Waals surface area contributed by atoms with Gasteiger partial charge in [0.2, 0.25) is 0 Å². The molecule has 0 spiro atoms. The van der Waals surface area contributed by atoms with Gasteiger partial charge in [0.25, 0.3) is 0 Å². The van der Waals surface area contributed by atoms with E-state index in [-0.39, 0.29) is 0 Å². The van der Waals surface area contributed by atoms with Crippen LogP contribution in [0.15, 0.2) is 88.7 Å². The minimum absolute atomic E-state index is 0.645. The van der Waals surface area contributed by atoms with E-state index in [1.165, 1.54) is 18.5 Å². The van der Waals surface area contributed by atoms with Gasteiger partial charge in [-0.3, -0.25) is 0 Å². The molecule has 1 aromatic heterocycles. The van der Waals surface area contributed by atoms with Crippen LogP contribution in [0.25, 0.3) is 10.9 Å². The molecule has 0 bridgehead atoms. The van der Waals surface area contributed by atoms with Gasteiger partial charge < -0.3 is 10.6 Å². The molecule has 1 aliphatic rings. The van der Waals surface area contributed by atoms with Crippen LogP contribution in [-0.2, 0) is 0 Å². The molecular formula is C24H26N4S. The number of rotatable bonds is 9. The monoisotopic (exact) mass is 402 g/mol. The Balaban J connectivity index is 1.60. The number of allylic oxidation sites excluding steroid dienone is 2. The lowest BCUT2D eigenvalue weighted by molar-refractivity contribution is 0.719. The maximum Gasteiger partial charge on any atom is 0.195 e. The summed E-state index contributed by atoms with van der Waals surface area (Å²) in [4.78, 5) is 10.6. The van der Waals surface area contributed by atoms with Crippen LogP contribution in [0.1, 0.15) is 26.2 Å². The Bertz CT molecular complexity index is 1030. The first-order valence-corrected chi connectivity index (χ1v) is 11.0. The normalized spacial score (nSPS) is 14.0. The highest BCUT2D eigenvalue weighted by molar-refractivity contribution is 7.99. The van der Waals surface area contributed by atoms with Gasteiger partial charge in [0.1, 0.15) is 5.82 Å². The molecule has 0 aliphatic heterocycles. The maximum atomic E-state index is 4.80. The lowest BCUT2D eigenvalue weighted by Gasteiger charge is -2.13. The molecule has 5 heteroatoms. The number of hydrogen-bond acceptors (Lipinski definition) is 5. The van der Waals surface area contributed by atoms with Crippen LogP contribution in [0.3, 0.4) is 0 Å². The molecule has 0 unspecified atom stereocenters. The highest BCUT2D eigenvalue weighted by Crippen LogP contribution is 2.36. The number of nitrogens with one attached hydrogen (secondary N) is 2. The van der Waals surface area contributed by atoms with Crippen molar-refractivity contribution in [1.82, 2.24) is 15.3 Å². The van der Waals surface area contributed by atoms with Gasteiger partial charge in [-0.15, -0.1) is 0 Å². The van der Waals surface area contributed by atoms with Crippen LogP contribution in [-0.4, -0.2) is 16.5 Å². The Labute approximate surface area is 176 Å². The van der Waals surface area contributed by atoms with Gasteiger partial charge in [0.15, 0.2) is 5.16 Å². The number of hydrogen-bond donors (Lipinski definition) is 2. The predicted octanol–water partition coefficient (Wildman–Crippen LogP) is 6.00. The van der Waals surface area contributed by atoms with E-state index < -0.39 is 0 Å². The van der Waals surface area contributed by atoms with Gasteiger partial charge in [-0.2, -0.15) is 0 Å². The van der Waals surface area contributed by atoms with E-state index >= 15 is 0 Å². The topological polar surface area (TPSA) is 49.8 Å². The fourth-order valence-electron chi connectivity index (χ4n) is 3.14. The first-order chi connectivity index (χ1) is 14.2. The van der Waals surface area contributed by atoms with E-state index in [0.717, 1.165) is 45.4 Å². The molecule has 29 heavy (non-hydrogen) atoms. The van der Waals surface area contributed by atoms with E-state index in [9.17, 15) is 0 Å².